The topological polar surface area (TPSA) is 58.9 Å². The first-order chi connectivity index (χ1) is 8.16. The van der Waals surface area contributed by atoms with Gasteiger partial charge in [0.2, 0.25) is 0 Å². The number of hydrogen-bond acceptors (Lipinski definition) is 3. The fraction of sp³-hybridized carbons (Fsp3) is 0.667. The van der Waals surface area contributed by atoms with Crippen molar-refractivity contribution in [2.24, 2.45) is 18.9 Å². The number of carbonyl (C=O) groups is 1. The molecule has 1 aliphatic rings. The minimum atomic E-state index is -0.0242. The molecular formula is C12H20N4O. The molecule has 0 aromatic carbocycles. The van der Waals surface area contributed by atoms with E-state index in [2.05, 4.69) is 22.7 Å². The van der Waals surface area contributed by atoms with Crippen LogP contribution in [0.1, 0.15) is 23.7 Å². The van der Waals surface area contributed by atoms with Crippen molar-refractivity contribution in [3.63, 3.8) is 0 Å². The van der Waals surface area contributed by atoms with Crippen molar-refractivity contribution < 1.29 is 4.79 Å². The van der Waals surface area contributed by atoms with E-state index in [0.29, 0.717) is 17.4 Å². The van der Waals surface area contributed by atoms with E-state index >= 15 is 0 Å². The largest absolute Gasteiger partial charge is 0.352 e. The summed E-state index contributed by atoms with van der Waals surface area (Å²) in [5, 5.41) is 10.3. The quantitative estimate of drug-likeness (QED) is 0.798. The third kappa shape index (κ3) is 3.06. The maximum absolute atomic E-state index is 11.8. The van der Waals surface area contributed by atoms with Crippen LogP contribution in [0.25, 0.3) is 0 Å². The average Bonchev–Trinajstić information content (AvgIpc) is 2.74. The molecule has 5 nitrogen and oxygen atoms in total. The van der Waals surface area contributed by atoms with Crippen molar-refractivity contribution in [1.29, 1.82) is 0 Å². The second kappa shape index (κ2) is 5.31. The maximum Gasteiger partial charge on any atom is 0.254 e. The molecule has 1 aromatic heterocycles. The highest BCUT2D eigenvalue weighted by atomic mass is 16.1. The van der Waals surface area contributed by atoms with Gasteiger partial charge in [-0.05, 0) is 31.3 Å². The fourth-order valence-corrected chi connectivity index (χ4v) is 2.24. The summed E-state index contributed by atoms with van der Waals surface area (Å²) >= 11 is 0. The first kappa shape index (κ1) is 12.1. The van der Waals surface area contributed by atoms with Crippen molar-refractivity contribution in [3.8, 4) is 0 Å². The summed E-state index contributed by atoms with van der Waals surface area (Å²) in [5.41, 5.74) is 0.633. The zero-order valence-electron chi connectivity index (χ0n) is 10.4. The van der Waals surface area contributed by atoms with Gasteiger partial charge in [-0.15, -0.1) is 0 Å². The van der Waals surface area contributed by atoms with Crippen molar-refractivity contribution in [2.45, 2.75) is 13.3 Å². The van der Waals surface area contributed by atoms with Crippen molar-refractivity contribution in [2.75, 3.05) is 19.6 Å². The van der Waals surface area contributed by atoms with E-state index in [-0.39, 0.29) is 5.91 Å². The first-order valence-corrected chi connectivity index (χ1v) is 6.14. The molecule has 1 aromatic rings. The van der Waals surface area contributed by atoms with E-state index in [4.69, 9.17) is 0 Å². The summed E-state index contributed by atoms with van der Waals surface area (Å²) in [6.07, 6.45) is 4.47. The van der Waals surface area contributed by atoms with E-state index in [1.165, 1.54) is 0 Å². The van der Waals surface area contributed by atoms with Crippen LogP contribution in [0.5, 0.6) is 0 Å². The molecule has 0 aliphatic carbocycles. The molecule has 2 atom stereocenters. The van der Waals surface area contributed by atoms with Gasteiger partial charge in [-0.25, -0.2) is 0 Å². The van der Waals surface area contributed by atoms with Gasteiger partial charge < -0.3 is 10.6 Å². The van der Waals surface area contributed by atoms with Gasteiger partial charge in [-0.2, -0.15) is 5.10 Å². The molecule has 0 radical (unpaired) electrons. The van der Waals surface area contributed by atoms with Gasteiger partial charge in [0.25, 0.3) is 5.91 Å². The molecule has 17 heavy (non-hydrogen) atoms. The molecule has 2 N–H and O–H groups in total. The summed E-state index contributed by atoms with van der Waals surface area (Å²) in [6, 6.07) is 0. The molecule has 5 heteroatoms. The second-order valence-electron chi connectivity index (χ2n) is 4.84. The zero-order valence-corrected chi connectivity index (χ0v) is 10.4. The number of nitrogens with zero attached hydrogens (tertiary/aromatic N) is 2. The van der Waals surface area contributed by atoms with E-state index in [1.807, 2.05) is 7.05 Å². The number of piperidine rings is 1. The molecule has 1 aliphatic heterocycles. The van der Waals surface area contributed by atoms with Crippen molar-refractivity contribution >= 4 is 5.91 Å². The molecule has 2 rings (SSSR count). The van der Waals surface area contributed by atoms with Gasteiger partial charge in [0, 0.05) is 19.8 Å². The number of aromatic nitrogens is 2. The third-order valence-corrected chi connectivity index (χ3v) is 3.45. The lowest BCUT2D eigenvalue weighted by Gasteiger charge is -2.29. The lowest BCUT2D eigenvalue weighted by atomic mass is 9.88. The Morgan fingerprint density at radius 1 is 1.71 bits per heavy atom. The number of rotatable bonds is 3. The van der Waals surface area contributed by atoms with Gasteiger partial charge in [0.05, 0.1) is 11.8 Å². The molecule has 2 heterocycles. The fourth-order valence-electron chi connectivity index (χ4n) is 2.24. The standard InChI is InChI=1S/C12H20N4O/c1-9-5-13-4-3-10(9)6-14-12(17)11-7-15-16(2)8-11/h7-10,13H,3-6H2,1-2H3,(H,14,17). The Labute approximate surface area is 102 Å². The van der Waals surface area contributed by atoms with E-state index in [9.17, 15) is 4.79 Å². The monoisotopic (exact) mass is 236 g/mol. The Kier molecular flexibility index (Phi) is 3.78. The van der Waals surface area contributed by atoms with Crippen LogP contribution in [0.15, 0.2) is 12.4 Å². The van der Waals surface area contributed by atoms with Gasteiger partial charge in [0.1, 0.15) is 0 Å². The lowest BCUT2D eigenvalue weighted by molar-refractivity contribution is 0.0938. The highest BCUT2D eigenvalue weighted by molar-refractivity contribution is 5.93. The number of nitrogens with one attached hydrogen (secondary N) is 2. The van der Waals surface area contributed by atoms with Crippen LogP contribution < -0.4 is 10.6 Å². The minimum Gasteiger partial charge on any atom is -0.352 e. The summed E-state index contributed by atoms with van der Waals surface area (Å²) in [5.74, 6) is 1.18. The number of amides is 1. The molecule has 0 saturated carbocycles. The van der Waals surface area contributed by atoms with Crippen LogP contribution in [0.4, 0.5) is 0 Å². The maximum atomic E-state index is 11.8. The Hall–Kier alpha value is -1.36. The summed E-state index contributed by atoms with van der Waals surface area (Å²) < 4.78 is 1.64. The van der Waals surface area contributed by atoms with Gasteiger partial charge >= 0.3 is 0 Å². The predicted molar refractivity (Wildman–Crippen MR) is 65.7 cm³/mol. The highest BCUT2D eigenvalue weighted by Gasteiger charge is 2.21. The van der Waals surface area contributed by atoms with Crippen molar-refractivity contribution in [3.05, 3.63) is 18.0 Å². The van der Waals surface area contributed by atoms with Gasteiger partial charge in [0.15, 0.2) is 0 Å². The Balaban J connectivity index is 1.83. The molecule has 2 unspecified atom stereocenters. The van der Waals surface area contributed by atoms with Crippen molar-refractivity contribution in [1.82, 2.24) is 20.4 Å². The van der Waals surface area contributed by atoms with Crippen LogP contribution in [0.2, 0.25) is 0 Å². The van der Waals surface area contributed by atoms with E-state index in [0.717, 1.165) is 26.1 Å². The SMILES string of the molecule is CC1CNCCC1CNC(=O)c1cnn(C)c1. The lowest BCUT2D eigenvalue weighted by Crippen LogP contribution is -2.41. The van der Waals surface area contributed by atoms with Crippen LogP contribution in [0.3, 0.4) is 0 Å². The molecular weight excluding hydrogens is 216 g/mol. The molecule has 94 valence electrons. The summed E-state index contributed by atoms with van der Waals surface area (Å²) in [6.45, 7) is 5.09. The van der Waals surface area contributed by atoms with Crippen LogP contribution >= 0.6 is 0 Å². The molecule has 0 bridgehead atoms. The average molecular weight is 236 g/mol. The van der Waals surface area contributed by atoms with Gasteiger partial charge in [-0.1, -0.05) is 6.92 Å². The zero-order chi connectivity index (χ0) is 12.3. The third-order valence-electron chi connectivity index (χ3n) is 3.45. The molecule has 1 amide bonds. The number of hydrogen-bond donors (Lipinski definition) is 2. The minimum absolute atomic E-state index is 0.0242. The number of aryl methyl sites for hydroxylation is 1. The normalized spacial score (nSPS) is 24.6. The van der Waals surface area contributed by atoms with Crippen LogP contribution in [-0.2, 0) is 7.05 Å². The van der Waals surface area contributed by atoms with E-state index in [1.54, 1.807) is 17.1 Å². The highest BCUT2D eigenvalue weighted by Crippen LogP contribution is 2.17. The number of carbonyl (C=O) groups excluding carboxylic acids is 1. The summed E-state index contributed by atoms with van der Waals surface area (Å²) in [4.78, 5) is 11.8. The smallest absolute Gasteiger partial charge is 0.254 e. The second-order valence-corrected chi connectivity index (χ2v) is 4.84. The first-order valence-electron chi connectivity index (χ1n) is 6.14. The molecule has 1 fully saturated rings. The molecule has 0 spiro atoms. The Bertz CT molecular complexity index is 388. The predicted octanol–water partition coefficient (Wildman–Crippen LogP) is 0.396. The molecule has 1 saturated heterocycles. The van der Waals surface area contributed by atoms with Gasteiger partial charge in [-0.3, -0.25) is 9.48 Å². The Morgan fingerprint density at radius 3 is 3.18 bits per heavy atom. The summed E-state index contributed by atoms with van der Waals surface area (Å²) in [7, 11) is 1.81. The van der Waals surface area contributed by atoms with E-state index < -0.39 is 0 Å². The van der Waals surface area contributed by atoms with Crippen LogP contribution in [0, 0.1) is 11.8 Å². The Morgan fingerprint density at radius 2 is 2.53 bits per heavy atom. The van der Waals surface area contributed by atoms with Crippen LogP contribution in [-0.4, -0.2) is 35.3 Å².